The molecule has 2 N–H and O–H groups in total. The molecule has 1 saturated heterocycles. The van der Waals surface area contributed by atoms with Crippen LogP contribution >= 0.6 is 0 Å². The number of anilines is 1. The molecule has 0 radical (unpaired) electrons. The number of nitrogens with one attached hydrogen (secondary N) is 2. The molecule has 2 aliphatic rings. The largest absolute Gasteiger partial charge is 0.379 e. The zero-order chi connectivity index (χ0) is 20.8. The average Bonchev–Trinajstić information content (AvgIpc) is 2.78. The van der Waals surface area contributed by atoms with Crippen LogP contribution in [0.3, 0.4) is 0 Å². The quantitative estimate of drug-likeness (QED) is 0.740. The van der Waals surface area contributed by atoms with E-state index in [2.05, 4.69) is 27.7 Å². The minimum atomic E-state index is -0.153. The van der Waals surface area contributed by atoms with Gasteiger partial charge in [0.05, 0.1) is 13.2 Å². The van der Waals surface area contributed by atoms with Crippen LogP contribution < -0.4 is 10.6 Å². The van der Waals surface area contributed by atoms with Crippen LogP contribution in [0, 0.1) is 5.92 Å². The number of amides is 2. The summed E-state index contributed by atoms with van der Waals surface area (Å²) in [6.07, 6.45) is 1.60. The second-order valence-electron chi connectivity index (χ2n) is 8.02. The Labute approximate surface area is 177 Å². The lowest BCUT2D eigenvalue weighted by Gasteiger charge is -2.27. The molecular formula is C24H29N3O3. The lowest BCUT2D eigenvalue weighted by Crippen LogP contribution is -2.36. The summed E-state index contributed by atoms with van der Waals surface area (Å²) in [4.78, 5) is 27.1. The summed E-state index contributed by atoms with van der Waals surface area (Å²) in [5.41, 5.74) is 4.41. The van der Waals surface area contributed by atoms with E-state index >= 15 is 0 Å². The molecule has 4 rings (SSSR count). The molecule has 6 heteroatoms. The first-order valence-electron chi connectivity index (χ1n) is 10.7. The lowest BCUT2D eigenvalue weighted by atomic mass is 9.89. The fourth-order valence-corrected chi connectivity index (χ4v) is 4.12. The van der Waals surface area contributed by atoms with E-state index in [1.54, 1.807) is 0 Å². The molecule has 2 amide bonds. The van der Waals surface area contributed by atoms with E-state index < -0.39 is 0 Å². The highest BCUT2D eigenvalue weighted by Gasteiger charge is 2.26. The van der Waals surface area contributed by atoms with E-state index in [0.29, 0.717) is 25.8 Å². The minimum Gasteiger partial charge on any atom is -0.379 e. The van der Waals surface area contributed by atoms with Gasteiger partial charge in [0.2, 0.25) is 11.8 Å². The molecule has 1 fully saturated rings. The molecule has 0 saturated carbocycles. The summed E-state index contributed by atoms with van der Waals surface area (Å²) in [5.74, 6) is -0.153. The number of benzene rings is 2. The van der Waals surface area contributed by atoms with Crippen LogP contribution in [0.4, 0.5) is 5.69 Å². The molecular weight excluding hydrogens is 378 g/mol. The van der Waals surface area contributed by atoms with Crippen molar-refractivity contribution in [2.75, 3.05) is 31.6 Å². The lowest BCUT2D eigenvalue weighted by molar-refractivity contribution is -0.122. The molecule has 1 unspecified atom stereocenters. The van der Waals surface area contributed by atoms with E-state index in [1.807, 2.05) is 36.4 Å². The molecule has 30 heavy (non-hydrogen) atoms. The normalized spacial score (nSPS) is 19.1. The third-order valence-corrected chi connectivity index (χ3v) is 5.92. The highest BCUT2D eigenvalue weighted by Crippen LogP contribution is 2.27. The van der Waals surface area contributed by atoms with Crippen LogP contribution in [-0.2, 0) is 33.8 Å². The maximum atomic E-state index is 12.4. The smallest absolute Gasteiger partial charge is 0.227 e. The van der Waals surface area contributed by atoms with Crippen molar-refractivity contribution in [2.45, 2.75) is 32.4 Å². The van der Waals surface area contributed by atoms with Crippen molar-refractivity contribution in [3.63, 3.8) is 0 Å². The van der Waals surface area contributed by atoms with Crippen molar-refractivity contribution in [2.24, 2.45) is 5.92 Å². The maximum Gasteiger partial charge on any atom is 0.227 e. The van der Waals surface area contributed by atoms with Crippen LogP contribution in [0.15, 0.2) is 48.5 Å². The van der Waals surface area contributed by atoms with Gasteiger partial charge in [0.25, 0.3) is 0 Å². The predicted octanol–water partition coefficient (Wildman–Crippen LogP) is 2.73. The number of morpholine rings is 1. The minimum absolute atomic E-state index is 0.0113. The fourth-order valence-electron chi connectivity index (χ4n) is 4.12. The van der Waals surface area contributed by atoms with Gasteiger partial charge in [-0.25, -0.2) is 0 Å². The van der Waals surface area contributed by atoms with Crippen molar-refractivity contribution in [3.05, 3.63) is 65.2 Å². The molecule has 1 atom stereocenters. The number of hydrogen-bond donors (Lipinski definition) is 2. The summed E-state index contributed by atoms with van der Waals surface area (Å²) >= 11 is 0. The molecule has 158 valence electrons. The first-order chi connectivity index (χ1) is 14.7. The van der Waals surface area contributed by atoms with Gasteiger partial charge in [-0.1, -0.05) is 42.5 Å². The van der Waals surface area contributed by atoms with E-state index in [4.69, 9.17) is 4.74 Å². The predicted molar refractivity (Wildman–Crippen MR) is 116 cm³/mol. The molecule has 2 aliphatic heterocycles. The van der Waals surface area contributed by atoms with Gasteiger partial charge in [0, 0.05) is 44.2 Å². The second-order valence-corrected chi connectivity index (χ2v) is 8.02. The number of hydrogen-bond acceptors (Lipinski definition) is 4. The van der Waals surface area contributed by atoms with Crippen LogP contribution in [0.25, 0.3) is 0 Å². The number of carbonyl (C=O) groups is 2. The van der Waals surface area contributed by atoms with Gasteiger partial charge in [0.1, 0.15) is 0 Å². The highest BCUT2D eigenvalue weighted by atomic mass is 16.5. The van der Waals surface area contributed by atoms with Gasteiger partial charge in [-0.3, -0.25) is 14.5 Å². The number of carbonyl (C=O) groups excluding carboxylic acids is 2. The van der Waals surface area contributed by atoms with Crippen LogP contribution in [-0.4, -0.2) is 43.0 Å². The van der Waals surface area contributed by atoms with E-state index in [0.717, 1.165) is 49.7 Å². The number of fused-ring (bicyclic) bond motifs is 1. The SMILES string of the molecule is O=C(CCC1Cc2ccccc2NC1=O)NCc1ccccc1CN1CCOCC1. The summed E-state index contributed by atoms with van der Waals surface area (Å²) in [7, 11) is 0. The van der Waals surface area contributed by atoms with Gasteiger partial charge in [-0.15, -0.1) is 0 Å². The van der Waals surface area contributed by atoms with Gasteiger partial charge in [-0.05, 0) is 35.6 Å². The zero-order valence-electron chi connectivity index (χ0n) is 17.2. The topological polar surface area (TPSA) is 70.7 Å². The van der Waals surface area contributed by atoms with Gasteiger partial charge in [0.15, 0.2) is 0 Å². The van der Waals surface area contributed by atoms with Gasteiger partial charge >= 0.3 is 0 Å². The summed E-state index contributed by atoms with van der Waals surface area (Å²) < 4.78 is 5.42. The number of rotatable bonds is 7. The number of ether oxygens (including phenoxy) is 1. The second kappa shape index (κ2) is 9.87. The van der Waals surface area contributed by atoms with Crippen molar-refractivity contribution >= 4 is 17.5 Å². The highest BCUT2D eigenvalue weighted by molar-refractivity contribution is 5.96. The molecule has 0 aliphatic carbocycles. The van der Waals surface area contributed by atoms with Crippen molar-refractivity contribution in [3.8, 4) is 0 Å². The summed E-state index contributed by atoms with van der Waals surface area (Å²) in [6.45, 7) is 4.81. The monoisotopic (exact) mass is 407 g/mol. The Morgan fingerprint density at radius 1 is 1.07 bits per heavy atom. The Balaban J connectivity index is 1.27. The molecule has 2 aromatic rings. The van der Waals surface area contributed by atoms with Crippen molar-refractivity contribution in [1.29, 1.82) is 0 Å². The third kappa shape index (κ3) is 5.26. The van der Waals surface area contributed by atoms with Crippen molar-refractivity contribution < 1.29 is 14.3 Å². The van der Waals surface area contributed by atoms with Gasteiger partial charge < -0.3 is 15.4 Å². The Morgan fingerprint density at radius 3 is 2.63 bits per heavy atom. The standard InChI is InChI=1S/C24H29N3O3/c28-23(10-9-19-15-18-5-3-4-8-22(18)26-24(19)29)25-16-20-6-1-2-7-21(20)17-27-11-13-30-14-12-27/h1-8,19H,9-17H2,(H,25,28)(H,26,29). The van der Waals surface area contributed by atoms with Crippen molar-refractivity contribution in [1.82, 2.24) is 10.2 Å². The van der Waals surface area contributed by atoms with E-state index in [1.165, 1.54) is 5.56 Å². The fraction of sp³-hybridized carbons (Fsp3) is 0.417. The Morgan fingerprint density at radius 2 is 1.80 bits per heavy atom. The molecule has 2 heterocycles. The van der Waals surface area contributed by atoms with E-state index in [9.17, 15) is 9.59 Å². The van der Waals surface area contributed by atoms with Crippen LogP contribution in [0.5, 0.6) is 0 Å². The molecule has 6 nitrogen and oxygen atoms in total. The van der Waals surface area contributed by atoms with Crippen LogP contribution in [0.2, 0.25) is 0 Å². The van der Waals surface area contributed by atoms with Crippen LogP contribution in [0.1, 0.15) is 29.5 Å². The number of nitrogens with zero attached hydrogens (tertiary/aromatic N) is 1. The van der Waals surface area contributed by atoms with E-state index in [-0.39, 0.29) is 17.7 Å². The Hall–Kier alpha value is -2.70. The molecule has 0 spiro atoms. The molecule has 2 aromatic carbocycles. The first kappa shape index (κ1) is 20.6. The maximum absolute atomic E-state index is 12.4. The average molecular weight is 408 g/mol. The van der Waals surface area contributed by atoms with Gasteiger partial charge in [-0.2, -0.15) is 0 Å². The first-order valence-corrected chi connectivity index (χ1v) is 10.7. The molecule has 0 bridgehead atoms. The Bertz CT molecular complexity index is 893. The third-order valence-electron chi connectivity index (χ3n) is 5.92. The summed E-state index contributed by atoms with van der Waals surface area (Å²) in [5, 5.41) is 5.99. The Kier molecular flexibility index (Phi) is 6.77. The molecule has 0 aromatic heterocycles. The summed E-state index contributed by atoms with van der Waals surface area (Å²) in [6, 6.07) is 16.1. The number of para-hydroxylation sites is 1. The zero-order valence-corrected chi connectivity index (χ0v) is 17.2.